The number of rotatable bonds is 5. The fourth-order valence-electron chi connectivity index (χ4n) is 4.01. The van der Waals surface area contributed by atoms with Gasteiger partial charge in [-0.2, -0.15) is 0 Å². The van der Waals surface area contributed by atoms with Crippen LogP contribution in [0.2, 0.25) is 0 Å². The summed E-state index contributed by atoms with van der Waals surface area (Å²) in [7, 11) is 1.39. The second kappa shape index (κ2) is 7.64. The SMILES string of the molecule is COC(=O)CCc1ccc(N2CCN(c3ccc4c(c3)CCC4N)C2=O)cc1. The Morgan fingerprint density at radius 3 is 2.50 bits per heavy atom. The molecule has 1 heterocycles. The molecule has 6 nitrogen and oxygen atoms in total. The first-order valence-corrected chi connectivity index (χ1v) is 9.70. The van der Waals surface area contributed by atoms with Crippen molar-refractivity contribution in [1.82, 2.24) is 0 Å². The van der Waals surface area contributed by atoms with Crippen LogP contribution in [0.4, 0.5) is 16.2 Å². The Labute approximate surface area is 164 Å². The number of fused-ring (bicyclic) bond motifs is 1. The van der Waals surface area contributed by atoms with Gasteiger partial charge >= 0.3 is 12.0 Å². The standard InChI is InChI=1S/C22H25N3O3/c1-28-21(26)11-4-15-2-6-17(7-3-15)24-12-13-25(22(24)27)18-8-9-19-16(14-18)5-10-20(19)23/h2-3,6-9,14,20H,4-5,10-13,23H2,1H3. The van der Waals surface area contributed by atoms with Crippen LogP contribution in [-0.2, 0) is 22.4 Å². The Bertz CT molecular complexity index is 894. The summed E-state index contributed by atoms with van der Waals surface area (Å²) in [6, 6.07) is 14.1. The number of carbonyl (C=O) groups excluding carboxylic acids is 2. The molecule has 2 aliphatic rings. The molecule has 1 fully saturated rings. The van der Waals surface area contributed by atoms with Gasteiger partial charge in [-0.15, -0.1) is 0 Å². The molecule has 0 bridgehead atoms. The predicted molar refractivity (Wildman–Crippen MR) is 109 cm³/mol. The van der Waals surface area contributed by atoms with Crippen molar-refractivity contribution in [3.8, 4) is 0 Å². The van der Waals surface area contributed by atoms with Gasteiger partial charge in [-0.3, -0.25) is 14.6 Å². The number of nitrogens with two attached hydrogens (primary N) is 1. The molecule has 1 aliphatic heterocycles. The lowest BCUT2D eigenvalue weighted by Gasteiger charge is -2.20. The highest BCUT2D eigenvalue weighted by atomic mass is 16.5. The average Bonchev–Trinajstić information content (AvgIpc) is 3.29. The Kier molecular flexibility index (Phi) is 5.05. The number of hydrogen-bond donors (Lipinski definition) is 1. The normalized spacial score (nSPS) is 18.5. The number of nitrogens with zero attached hydrogens (tertiary/aromatic N) is 2. The molecule has 1 saturated heterocycles. The molecule has 0 radical (unpaired) electrons. The van der Waals surface area contributed by atoms with E-state index in [1.165, 1.54) is 18.2 Å². The van der Waals surface area contributed by atoms with Crippen LogP contribution in [0.25, 0.3) is 0 Å². The summed E-state index contributed by atoms with van der Waals surface area (Å²) in [6.45, 7) is 1.31. The molecule has 2 aromatic rings. The van der Waals surface area contributed by atoms with Gasteiger partial charge in [0, 0.05) is 36.9 Å². The van der Waals surface area contributed by atoms with E-state index in [4.69, 9.17) is 5.73 Å². The number of esters is 1. The van der Waals surface area contributed by atoms with Crippen LogP contribution < -0.4 is 15.5 Å². The van der Waals surface area contributed by atoms with Gasteiger partial charge in [0.25, 0.3) is 0 Å². The molecule has 1 unspecified atom stereocenters. The van der Waals surface area contributed by atoms with Crippen molar-refractivity contribution in [2.75, 3.05) is 30.0 Å². The van der Waals surface area contributed by atoms with E-state index in [-0.39, 0.29) is 18.0 Å². The van der Waals surface area contributed by atoms with Gasteiger partial charge < -0.3 is 10.5 Å². The first-order valence-electron chi connectivity index (χ1n) is 9.70. The molecule has 1 aliphatic carbocycles. The van der Waals surface area contributed by atoms with Crippen molar-refractivity contribution in [3.05, 3.63) is 59.2 Å². The van der Waals surface area contributed by atoms with E-state index in [0.717, 1.165) is 29.8 Å². The van der Waals surface area contributed by atoms with Gasteiger partial charge in [-0.05, 0) is 60.2 Å². The van der Waals surface area contributed by atoms with Gasteiger partial charge in [0.1, 0.15) is 0 Å². The number of methoxy groups -OCH3 is 1. The molecular formula is C22H25N3O3. The third-order valence-electron chi connectivity index (χ3n) is 5.66. The van der Waals surface area contributed by atoms with Crippen LogP contribution >= 0.6 is 0 Å². The zero-order valence-electron chi connectivity index (χ0n) is 16.1. The van der Waals surface area contributed by atoms with E-state index < -0.39 is 0 Å². The highest BCUT2D eigenvalue weighted by molar-refractivity contribution is 6.06. The molecule has 146 valence electrons. The zero-order valence-corrected chi connectivity index (χ0v) is 16.1. The summed E-state index contributed by atoms with van der Waals surface area (Å²) in [4.78, 5) is 27.9. The maximum atomic E-state index is 13.0. The lowest BCUT2D eigenvalue weighted by Crippen LogP contribution is -2.31. The van der Waals surface area contributed by atoms with Gasteiger partial charge in [0.15, 0.2) is 0 Å². The van der Waals surface area contributed by atoms with Gasteiger partial charge in [0.2, 0.25) is 0 Å². The first-order chi connectivity index (χ1) is 13.6. The van der Waals surface area contributed by atoms with E-state index in [2.05, 4.69) is 16.9 Å². The van der Waals surface area contributed by atoms with Crippen LogP contribution in [-0.4, -0.2) is 32.2 Å². The minimum Gasteiger partial charge on any atom is -0.469 e. The lowest BCUT2D eigenvalue weighted by molar-refractivity contribution is -0.140. The number of anilines is 2. The Hall–Kier alpha value is -2.86. The van der Waals surface area contributed by atoms with E-state index in [1.807, 2.05) is 35.2 Å². The molecule has 28 heavy (non-hydrogen) atoms. The van der Waals surface area contributed by atoms with Crippen LogP contribution in [0.1, 0.15) is 35.6 Å². The van der Waals surface area contributed by atoms with Gasteiger partial charge in [-0.25, -0.2) is 4.79 Å². The molecule has 2 aromatic carbocycles. The minimum atomic E-state index is -0.218. The fraction of sp³-hybridized carbons (Fsp3) is 0.364. The number of ether oxygens (including phenoxy) is 1. The number of hydrogen-bond acceptors (Lipinski definition) is 4. The largest absolute Gasteiger partial charge is 0.469 e. The molecular weight excluding hydrogens is 354 g/mol. The number of urea groups is 1. The fourth-order valence-corrected chi connectivity index (χ4v) is 4.01. The van der Waals surface area contributed by atoms with Crippen LogP contribution in [0.5, 0.6) is 0 Å². The van der Waals surface area contributed by atoms with Gasteiger partial charge in [-0.1, -0.05) is 18.2 Å². The molecule has 4 rings (SSSR count). The highest BCUT2D eigenvalue weighted by Gasteiger charge is 2.31. The summed E-state index contributed by atoms with van der Waals surface area (Å²) >= 11 is 0. The Morgan fingerprint density at radius 1 is 1.11 bits per heavy atom. The smallest absolute Gasteiger partial charge is 0.329 e. The Morgan fingerprint density at radius 2 is 1.79 bits per heavy atom. The lowest BCUT2D eigenvalue weighted by atomic mass is 10.1. The highest BCUT2D eigenvalue weighted by Crippen LogP contribution is 2.33. The van der Waals surface area contributed by atoms with E-state index in [9.17, 15) is 9.59 Å². The third-order valence-corrected chi connectivity index (χ3v) is 5.66. The second-order valence-electron chi connectivity index (χ2n) is 7.36. The van der Waals surface area contributed by atoms with E-state index >= 15 is 0 Å². The van der Waals surface area contributed by atoms with Crippen LogP contribution in [0.15, 0.2) is 42.5 Å². The van der Waals surface area contributed by atoms with Crippen molar-refractivity contribution in [2.45, 2.75) is 31.7 Å². The maximum Gasteiger partial charge on any atom is 0.329 e. The maximum absolute atomic E-state index is 13.0. The quantitative estimate of drug-likeness (QED) is 0.810. The number of amides is 2. The molecule has 1 atom stereocenters. The first kappa shape index (κ1) is 18.5. The molecule has 0 aromatic heterocycles. The minimum absolute atomic E-state index is 0.00967. The topological polar surface area (TPSA) is 75.9 Å². The summed E-state index contributed by atoms with van der Waals surface area (Å²) < 4.78 is 4.67. The van der Waals surface area contributed by atoms with E-state index in [0.29, 0.717) is 25.9 Å². The monoisotopic (exact) mass is 379 g/mol. The molecule has 0 spiro atoms. The van der Waals surface area contributed by atoms with Crippen LogP contribution in [0, 0.1) is 0 Å². The summed E-state index contributed by atoms with van der Waals surface area (Å²) in [5.41, 5.74) is 11.4. The predicted octanol–water partition coefficient (Wildman–Crippen LogP) is 3.18. The molecule has 6 heteroatoms. The zero-order chi connectivity index (χ0) is 19.7. The van der Waals surface area contributed by atoms with Crippen molar-refractivity contribution < 1.29 is 14.3 Å². The molecule has 2 amide bonds. The number of aryl methyl sites for hydroxylation is 2. The van der Waals surface area contributed by atoms with Crippen LogP contribution in [0.3, 0.4) is 0 Å². The van der Waals surface area contributed by atoms with E-state index in [1.54, 1.807) is 4.90 Å². The van der Waals surface area contributed by atoms with Gasteiger partial charge in [0.05, 0.1) is 7.11 Å². The number of benzene rings is 2. The second-order valence-corrected chi connectivity index (χ2v) is 7.36. The summed E-state index contributed by atoms with van der Waals surface area (Å²) in [6.07, 6.45) is 2.93. The van der Waals surface area contributed by atoms with Crippen molar-refractivity contribution in [1.29, 1.82) is 0 Å². The molecule has 0 saturated carbocycles. The van der Waals surface area contributed by atoms with Crippen molar-refractivity contribution in [2.24, 2.45) is 5.73 Å². The Balaban J connectivity index is 1.45. The average molecular weight is 379 g/mol. The summed E-state index contributed by atoms with van der Waals surface area (Å²) in [5.74, 6) is -0.218. The van der Waals surface area contributed by atoms with Crippen molar-refractivity contribution in [3.63, 3.8) is 0 Å². The molecule has 2 N–H and O–H groups in total. The number of carbonyl (C=O) groups is 2. The third kappa shape index (κ3) is 3.47. The summed E-state index contributed by atoms with van der Waals surface area (Å²) in [5, 5.41) is 0. The van der Waals surface area contributed by atoms with Crippen molar-refractivity contribution >= 4 is 23.4 Å².